The molecule has 0 spiro atoms. The highest BCUT2D eigenvalue weighted by molar-refractivity contribution is 9.10. The third kappa shape index (κ3) is 3.71. The normalized spacial score (nSPS) is 10.2. The maximum atomic E-state index is 11.6. The van der Waals surface area contributed by atoms with Gasteiger partial charge in [-0.25, -0.2) is 0 Å². The lowest BCUT2D eigenvalue weighted by Gasteiger charge is -2.22. The molecule has 0 aliphatic rings. The Bertz CT molecular complexity index is 407. The van der Waals surface area contributed by atoms with Crippen molar-refractivity contribution in [3.8, 4) is 0 Å². The van der Waals surface area contributed by atoms with Crippen molar-refractivity contribution in [2.75, 3.05) is 32.6 Å². The van der Waals surface area contributed by atoms with Gasteiger partial charge >= 0.3 is 0 Å². The molecule has 0 bridgehead atoms. The lowest BCUT2D eigenvalue weighted by molar-refractivity contribution is -0.127. The Morgan fingerprint density at radius 1 is 1.35 bits per heavy atom. The zero-order valence-corrected chi connectivity index (χ0v) is 12.0. The third-order valence-electron chi connectivity index (χ3n) is 2.53. The van der Waals surface area contributed by atoms with E-state index in [2.05, 4.69) is 15.9 Å². The van der Waals surface area contributed by atoms with Crippen LogP contribution in [0.5, 0.6) is 0 Å². The second-order valence-corrected chi connectivity index (χ2v) is 4.99. The molecule has 0 fully saturated rings. The molecule has 0 radical (unpaired) electrons. The summed E-state index contributed by atoms with van der Waals surface area (Å²) in [5, 5.41) is 0. The summed E-state index contributed by atoms with van der Waals surface area (Å²) in [6, 6.07) is 5.91. The highest BCUT2D eigenvalue weighted by Crippen LogP contribution is 2.26. The van der Waals surface area contributed by atoms with E-state index in [1.807, 2.05) is 30.1 Å². The lowest BCUT2D eigenvalue weighted by Crippen LogP contribution is -2.34. The van der Waals surface area contributed by atoms with Crippen molar-refractivity contribution >= 4 is 27.5 Å². The Balaban J connectivity index is 2.82. The maximum absolute atomic E-state index is 11.6. The minimum atomic E-state index is 0.0716. The van der Waals surface area contributed by atoms with Crippen LogP contribution in [0.4, 0.5) is 5.69 Å². The minimum absolute atomic E-state index is 0.0716. The molecule has 2 N–H and O–H groups in total. The number of hydrogen-bond donors (Lipinski definition) is 1. The Kier molecular flexibility index (Phi) is 4.96. The number of anilines is 1. The van der Waals surface area contributed by atoms with Crippen LogP contribution in [0.25, 0.3) is 0 Å². The van der Waals surface area contributed by atoms with E-state index in [0.29, 0.717) is 13.1 Å². The summed E-state index contributed by atoms with van der Waals surface area (Å²) in [7, 11) is 5.40. The van der Waals surface area contributed by atoms with E-state index in [1.165, 1.54) is 0 Å². The van der Waals surface area contributed by atoms with E-state index in [1.54, 1.807) is 19.0 Å². The fraction of sp³-hybridized carbons (Fsp3) is 0.417. The molecule has 0 aromatic heterocycles. The van der Waals surface area contributed by atoms with E-state index in [9.17, 15) is 4.79 Å². The smallest absolute Gasteiger partial charge is 0.241 e. The summed E-state index contributed by atoms with van der Waals surface area (Å²) in [6.45, 7) is 0.868. The molecule has 17 heavy (non-hydrogen) atoms. The Labute approximate surface area is 111 Å². The summed E-state index contributed by atoms with van der Waals surface area (Å²) in [5.74, 6) is 0.0716. The molecule has 0 aliphatic heterocycles. The van der Waals surface area contributed by atoms with Crippen LogP contribution in [0.2, 0.25) is 0 Å². The molecular weight excluding hydrogens is 282 g/mol. The number of halogens is 1. The van der Waals surface area contributed by atoms with Crippen LogP contribution in [-0.2, 0) is 11.3 Å². The lowest BCUT2D eigenvalue weighted by atomic mass is 10.2. The van der Waals surface area contributed by atoms with Crippen molar-refractivity contribution in [2.45, 2.75) is 6.54 Å². The first-order chi connectivity index (χ1) is 7.95. The number of likely N-dealkylation sites (N-methyl/N-ethyl adjacent to an activating group) is 2. The predicted octanol–water partition coefficient (Wildman–Crippen LogP) is 1.43. The van der Waals surface area contributed by atoms with Gasteiger partial charge in [0.25, 0.3) is 0 Å². The van der Waals surface area contributed by atoms with E-state index in [-0.39, 0.29) is 5.91 Å². The Morgan fingerprint density at radius 3 is 2.47 bits per heavy atom. The fourth-order valence-corrected chi connectivity index (χ4v) is 2.15. The highest BCUT2D eigenvalue weighted by atomic mass is 79.9. The van der Waals surface area contributed by atoms with E-state index >= 15 is 0 Å². The van der Waals surface area contributed by atoms with Gasteiger partial charge in [0.1, 0.15) is 0 Å². The average Bonchev–Trinajstić information content (AvgIpc) is 2.28. The number of nitrogens with two attached hydrogens (primary N) is 1. The largest absolute Gasteiger partial charge is 0.364 e. The highest BCUT2D eigenvalue weighted by Gasteiger charge is 2.11. The van der Waals surface area contributed by atoms with E-state index in [4.69, 9.17) is 5.73 Å². The Hall–Kier alpha value is -1.07. The van der Waals surface area contributed by atoms with Gasteiger partial charge in [0.2, 0.25) is 5.91 Å². The van der Waals surface area contributed by atoms with Crippen molar-refractivity contribution in [1.82, 2.24) is 4.90 Å². The molecule has 1 rings (SSSR count). The van der Waals surface area contributed by atoms with Gasteiger partial charge in [0.15, 0.2) is 0 Å². The predicted molar refractivity (Wildman–Crippen MR) is 74.0 cm³/mol. The minimum Gasteiger partial charge on any atom is -0.364 e. The molecule has 5 heteroatoms. The Morgan fingerprint density at radius 2 is 2.00 bits per heavy atom. The third-order valence-corrected chi connectivity index (χ3v) is 3.17. The van der Waals surface area contributed by atoms with Crippen LogP contribution in [0.1, 0.15) is 5.56 Å². The molecule has 0 heterocycles. The molecule has 4 nitrogen and oxygen atoms in total. The number of amides is 1. The standard InChI is InChI=1S/C12H18BrN3O/c1-15(2)12(17)8-16(3)11-5-4-9(7-14)6-10(11)13/h4-6H,7-8,14H2,1-3H3. The molecule has 1 amide bonds. The van der Waals surface area contributed by atoms with Gasteiger partial charge in [0, 0.05) is 32.2 Å². The van der Waals surface area contributed by atoms with Crippen LogP contribution in [-0.4, -0.2) is 38.5 Å². The molecular formula is C12H18BrN3O. The second-order valence-electron chi connectivity index (χ2n) is 4.13. The van der Waals surface area contributed by atoms with Crippen molar-refractivity contribution in [3.63, 3.8) is 0 Å². The maximum Gasteiger partial charge on any atom is 0.241 e. The molecule has 0 atom stereocenters. The van der Waals surface area contributed by atoms with Crippen LogP contribution < -0.4 is 10.6 Å². The number of carbonyl (C=O) groups is 1. The van der Waals surface area contributed by atoms with Gasteiger partial charge in [-0.2, -0.15) is 0 Å². The summed E-state index contributed by atoms with van der Waals surface area (Å²) in [4.78, 5) is 15.1. The number of carbonyl (C=O) groups excluding carboxylic acids is 1. The number of rotatable bonds is 4. The topological polar surface area (TPSA) is 49.6 Å². The second kappa shape index (κ2) is 6.02. The van der Waals surface area contributed by atoms with E-state index in [0.717, 1.165) is 15.7 Å². The zero-order chi connectivity index (χ0) is 13.0. The molecule has 1 aromatic carbocycles. The van der Waals surface area contributed by atoms with Gasteiger partial charge in [-0.1, -0.05) is 6.07 Å². The van der Waals surface area contributed by atoms with Crippen LogP contribution >= 0.6 is 15.9 Å². The quantitative estimate of drug-likeness (QED) is 0.915. The molecule has 0 aliphatic carbocycles. The first-order valence-electron chi connectivity index (χ1n) is 5.35. The number of nitrogens with zero attached hydrogens (tertiary/aromatic N) is 2. The molecule has 0 saturated carbocycles. The average molecular weight is 300 g/mol. The van der Waals surface area contributed by atoms with E-state index < -0.39 is 0 Å². The fourth-order valence-electron chi connectivity index (χ4n) is 1.42. The number of benzene rings is 1. The molecule has 0 saturated heterocycles. The van der Waals surface area contributed by atoms with Gasteiger partial charge in [-0.05, 0) is 33.6 Å². The van der Waals surface area contributed by atoms with Crippen LogP contribution in [0.3, 0.4) is 0 Å². The first kappa shape index (κ1) is 14.0. The van der Waals surface area contributed by atoms with Gasteiger partial charge in [0.05, 0.1) is 12.2 Å². The molecule has 94 valence electrons. The van der Waals surface area contributed by atoms with Crippen LogP contribution in [0, 0.1) is 0 Å². The molecule has 0 unspecified atom stereocenters. The van der Waals surface area contributed by atoms with Gasteiger partial charge in [-0.3, -0.25) is 4.79 Å². The summed E-state index contributed by atoms with van der Waals surface area (Å²) < 4.78 is 0.953. The van der Waals surface area contributed by atoms with Crippen molar-refractivity contribution in [1.29, 1.82) is 0 Å². The van der Waals surface area contributed by atoms with Crippen molar-refractivity contribution in [2.24, 2.45) is 5.73 Å². The van der Waals surface area contributed by atoms with Gasteiger partial charge in [-0.15, -0.1) is 0 Å². The van der Waals surface area contributed by atoms with Gasteiger partial charge < -0.3 is 15.5 Å². The zero-order valence-electron chi connectivity index (χ0n) is 10.4. The summed E-state index contributed by atoms with van der Waals surface area (Å²) in [5.41, 5.74) is 7.62. The van der Waals surface area contributed by atoms with Crippen molar-refractivity contribution < 1.29 is 4.79 Å². The number of hydrogen-bond acceptors (Lipinski definition) is 3. The van der Waals surface area contributed by atoms with Crippen LogP contribution in [0.15, 0.2) is 22.7 Å². The first-order valence-corrected chi connectivity index (χ1v) is 6.14. The summed E-state index contributed by atoms with van der Waals surface area (Å²) in [6.07, 6.45) is 0. The summed E-state index contributed by atoms with van der Waals surface area (Å²) >= 11 is 3.49. The monoisotopic (exact) mass is 299 g/mol. The molecule has 1 aromatic rings. The van der Waals surface area contributed by atoms with Crippen molar-refractivity contribution in [3.05, 3.63) is 28.2 Å². The SMILES string of the molecule is CN(C)C(=O)CN(C)c1ccc(CN)cc1Br.